The molecule has 130 valence electrons. The Labute approximate surface area is 158 Å². The molecular formula is C17H18BrN5OS. The van der Waals surface area contributed by atoms with Gasteiger partial charge >= 0.3 is 0 Å². The minimum absolute atomic E-state index is 0.514. The molecule has 4 rings (SSSR count). The highest BCUT2D eigenvalue weighted by Crippen LogP contribution is 2.30. The van der Waals surface area contributed by atoms with Crippen molar-refractivity contribution in [3.63, 3.8) is 0 Å². The van der Waals surface area contributed by atoms with Gasteiger partial charge in [-0.3, -0.25) is 0 Å². The zero-order valence-corrected chi connectivity index (χ0v) is 16.3. The van der Waals surface area contributed by atoms with Gasteiger partial charge < -0.3 is 9.42 Å². The van der Waals surface area contributed by atoms with Crippen molar-refractivity contribution in [2.45, 2.75) is 26.2 Å². The first-order valence-electron chi connectivity index (χ1n) is 8.31. The Kier molecular flexibility index (Phi) is 4.80. The summed E-state index contributed by atoms with van der Waals surface area (Å²) in [6.45, 7) is 3.79. The molecule has 0 N–H and O–H groups in total. The van der Waals surface area contributed by atoms with E-state index in [0.29, 0.717) is 11.8 Å². The van der Waals surface area contributed by atoms with Crippen LogP contribution in [0.1, 0.15) is 24.6 Å². The number of aromatic nitrogens is 4. The van der Waals surface area contributed by atoms with Gasteiger partial charge in [0.2, 0.25) is 5.89 Å². The molecule has 0 saturated carbocycles. The highest BCUT2D eigenvalue weighted by Gasteiger charge is 2.23. The van der Waals surface area contributed by atoms with Crippen LogP contribution in [0.25, 0.3) is 10.6 Å². The molecule has 1 saturated heterocycles. The lowest BCUT2D eigenvalue weighted by Gasteiger charge is -2.32. The van der Waals surface area contributed by atoms with Crippen molar-refractivity contribution >= 4 is 33.1 Å². The average Bonchev–Trinajstić information content (AvgIpc) is 3.24. The molecule has 0 radical (unpaired) electrons. The fourth-order valence-electron chi connectivity index (χ4n) is 3.20. The first-order valence-corrected chi connectivity index (χ1v) is 9.92. The number of anilines is 1. The number of thiophene rings is 1. The molecule has 1 fully saturated rings. The molecule has 1 atom stereocenters. The summed E-state index contributed by atoms with van der Waals surface area (Å²) < 4.78 is 6.18. The second-order valence-corrected chi connectivity index (χ2v) is 8.73. The van der Waals surface area contributed by atoms with Crippen LogP contribution in [0.3, 0.4) is 0 Å². The largest absolute Gasteiger partial charge is 0.355 e. The summed E-state index contributed by atoms with van der Waals surface area (Å²) in [7, 11) is 0. The van der Waals surface area contributed by atoms with Crippen LogP contribution in [0, 0.1) is 12.8 Å². The van der Waals surface area contributed by atoms with Gasteiger partial charge in [0.05, 0.1) is 8.66 Å². The highest BCUT2D eigenvalue weighted by atomic mass is 79.9. The molecule has 0 amide bonds. The molecule has 8 heteroatoms. The number of halogens is 1. The summed E-state index contributed by atoms with van der Waals surface area (Å²) in [5.74, 6) is 2.88. The van der Waals surface area contributed by atoms with Crippen LogP contribution in [-0.2, 0) is 6.42 Å². The van der Waals surface area contributed by atoms with Crippen molar-refractivity contribution in [1.29, 1.82) is 0 Å². The van der Waals surface area contributed by atoms with Crippen LogP contribution < -0.4 is 4.90 Å². The van der Waals surface area contributed by atoms with Gasteiger partial charge in [-0.2, -0.15) is 4.98 Å². The summed E-state index contributed by atoms with van der Waals surface area (Å²) in [5, 5.41) is 12.9. The van der Waals surface area contributed by atoms with E-state index in [1.807, 2.05) is 19.1 Å². The molecule has 3 aromatic heterocycles. The fraction of sp³-hybridized carbons (Fsp3) is 0.412. The third-order valence-corrected chi connectivity index (χ3v) is 6.01. The van der Waals surface area contributed by atoms with E-state index in [-0.39, 0.29) is 0 Å². The van der Waals surface area contributed by atoms with Gasteiger partial charge in [-0.05, 0) is 59.0 Å². The maximum Gasteiger partial charge on any atom is 0.223 e. The zero-order chi connectivity index (χ0) is 17.2. The van der Waals surface area contributed by atoms with Crippen LogP contribution in [0.5, 0.6) is 0 Å². The second-order valence-electron chi connectivity index (χ2n) is 6.27. The minimum Gasteiger partial charge on any atom is -0.355 e. The van der Waals surface area contributed by atoms with Gasteiger partial charge in [-0.25, -0.2) is 0 Å². The topological polar surface area (TPSA) is 67.9 Å². The smallest absolute Gasteiger partial charge is 0.223 e. The lowest BCUT2D eigenvalue weighted by molar-refractivity contribution is 0.369. The van der Waals surface area contributed by atoms with E-state index >= 15 is 0 Å². The molecular weight excluding hydrogens is 402 g/mol. The van der Waals surface area contributed by atoms with Crippen LogP contribution >= 0.6 is 27.3 Å². The molecule has 1 aliphatic heterocycles. The van der Waals surface area contributed by atoms with Crippen LogP contribution in [-0.4, -0.2) is 33.4 Å². The van der Waals surface area contributed by atoms with Crippen molar-refractivity contribution in [3.05, 3.63) is 39.8 Å². The Morgan fingerprint density at radius 1 is 1.28 bits per heavy atom. The van der Waals surface area contributed by atoms with Crippen LogP contribution in [0.15, 0.2) is 32.6 Å². The second kappa shape index (κ2) is 7.21. The van der Waals surface area contributed by atoms with Gasteiger partial charge in [-0.1, -0.05) is 5.16 Å². The molecule has 0 bridgehead atoms. The molecule has 0 unspecified atom stereocenters. The van der Waals surface area contributed by atoms with E-state index in [2.05, 4.69) is 53.3 Å². The maximum atomic E-state index is 5.08. The molecule has 0 spiro atoms. The Morgan fingerprint density at radius 2 is 2.20 bits per heavy atom. The van der Waals surface area contributed by atoms with E-state index in [0.717, 1.165) is 51.9 Å². The Hall–Kier alpha value is -1.80. The number of aryl methyl sites for hydroxylation is 1. The van der Waals surface area contributed by atoms with Gasteiger partial charge in [0.25, 0.3) is 0 Å². The standard InChI is InChI=1S/C17H18BrN5OS/c1-11-19-16(22-24-11)9-12-3-2-8-23(10-12)17-7-4-13(20-21-17)14-5-6-15(18)25-14/h4-7,12H,2-3,8-10H2,1H3/t12-/m1/s1. The Bertz CT molecular complexity index is 847. The Balaban J connectivity index is 1.44. The van der Waals surface area contributed by atoms with Gasteiger partial charge in [0, 0.05) is 26.4 Å². The van der Waals surface area contributed by atoms with E-state index in [9.17, 15) is 0 Å². The van der Waals surface area contributed by atoms with E-state index in [4.69, 9.17) is 4.52 Å². The van der Waals surface area contributed by atoms with Crippen LogP contribution in [0.4, 0.5) is 5.82 Å². The summed E-state index contributed by atoms with van der Waals surface area (Å²) in [4.78, 5) is 7.75. The third kappa shape index (κ3) is 3.90. The summed E-state index contributed by atoms with van der Waals surface area (Å²) >= 11 is 5.15. The molecule has 0 aromatic carbocycles. The predicted octanol–water partition coefficient (Wildman–Crippen LogP) is 4.12. The summed E-state index contributed by atoms with van der Waals surface area (Å²) in [6.07, 6.45) is 3.17. The van der Waals surface area contributed by atoms with Gasteiger partial charge in [0.1, 0.15) is 5.69 Å². The SMILES string of the molecule is Cc1nc(C[C@H]2CCCN(c3ccc(-c4ccc(Br)s4)nn3)C2)no1. The van der Waals surface area contributed by atoms with Crippen molar-refractivity contribution in [3.8, 4) is 10.6 Å². The molecule has 6 nitrogen and oxygen atoms in total. The monoisotopic (exact) mass is 419 g/mol. The summed E-state index contributed by atoms with van der Waals surface area (Å²) in [5.41, 5.74) is 0.912. The maximum absolute atomic E-state index is 5.08. The first kappa shape index (κ1) is 16.7. The normalized spacial score (nSPS) is 17.8. The van der Waals surface area contributed by atoms with E-state index < -0.39 is 0 Å². The quantitative estimate of drug-likeness (QED) is 0.633. The number of nitrogens with zero attached hydrogens (tertiary/aromatic N) is 5. The molecule has 0 aliphatic carbocycles. The van der Waals surface area contributed by atoms with Gasteiger partial charge in [-0.15, -0.1) is 21.5 Å². The Morgan fingerprint density at radius 3 is 2.88 bits per heavy atom. The van der Waals surface area contributed by atoms with Crippen LogP contribution in [0.2, 0.25) is 0 Å². The number of hydrogen-bond acceptors (Lipinski definition) is 7. The summed E-state index contributed by atoms with van der Waals surface area (Å²) in [6, 6.07) is 8.20. The zero-order valence-electron chi connectivity index (χ0n) is 13.9. The van der Waals surface area contributed by atoms with Crippen molar-refractivity contribution in [2.24, 2.45) is 5.92 Å². The number of piperidine rings is 1. The third-order valence-electron chi connectivity index (χ3n) is 4.36. The predicted molar refractivity (Wildman–Crippen MR) is 101 cm³/mol. The minimum atomic E-state index is 0.514. The lowest BCUT2D eigenvalue weighted by Crippen LogP contribution is -2.37. The van der Waals surface area contributed by atoms with E-state index in [1.165, 1.54) is 6.42 Å². The number of hydrogen-bond donors (Lipinski definition) is 0. The van der Waals surface area contributed by atoms with Crippen molar-refractivity contribution < 1.29 is 4.52 Å². The first-order chi connectivity index (χ1) is 12.2. The van der Waals surface area contributed by atoms with Crippen molar-refractivity contribution in [1.82, 2.24) is 20.3 Å². The molecule has 25 heavy (non-hydrogen) atoms. The van der Waals surface area contributed by atoms with E-state index in [1.54, 1.807) is 11.3 Å². The number of rotatable bonds is 4. The highest BCUT2D eigenvalue weighted by molar-refractivity contribution is 9.11. The fourth-order valence-corrected chi connectivity index (χ4v) is 4.55. The lowest BCUT2D eigenvalue weighted by atomic mass is 9.94. The van der Waals surface area contributed by atoms with Gasteiger partial charge in [0.15, 0.2) is 11.6 Å². The average molecular weight is 420 g/mol. The molecule has 4 heterocycles. The molecule has 3 aromatic rings. The van der Waals surface area contributed by atoms with Crippen molar-refractivity contribution in [2.75, 3.05) is 18.0 Å². The molecule has 1 aliphatic rings.